The average Bonchev–Trinajstić information content (AvgIpc) is 2.41. The fraction of sp³-hybridized carbons (Fsp3) is 0.375. The van der Waals surface area contributed by atoms with Gasteiger partial charge in [0.15, 0.2) is 0 Å². The fourth-order valence-electron chi connectivity index (χ4n) is 2.70. The van der Waals surface area contributed by atoms with Crippen LogP contribution in [0, 0.1) is 5.92 Å². The third-order valence-corrected chi connectivity index (χ3v) is 4.47. The molecule has 1 N–H and O–H groups in total. The molecule has 0 atom stereocenters. The van der Waals surface area contributed by atoms with E-state index in [2.05, 4.69) is 4.98 Å². The molecule has 2 aromatic rings. The van der Waals surface area contributed by atoms with Gasteiger partial charge in [-0.15, -0.1) is 0 Å². The van der Waals surface area contributed by atoms with Crippen molar-refractivity contribution < 1.29 is 0 Å². The van der Waals surface area contributed by atoms with Gasteiger partial charge in [-0.2, -0.15) is 0 Å². The number of hydrogen-bond donors (Lipinski definition) is 1. The van der Waals surface area contributed by atoms with Crippen LogP contribution in [0.15, 0.2) is 39.9 Å². The molecule has 1 aromatic heterocycles. The molecule has 21 heavy (non-hydrogen) atoms. The Labute approximate surface area is 127 Å². The predicted octanol–water partition coefficient (Wildman–Crippen LogP) is 3.05. The lowest BCUT2D eigenvalue weighted by Crippen LogP contribution is -2.37. The van der Waals surface area contributed by atoms with Crippen LogP contribution in [-0.2, 0) is 6.54 Å². The van der Waals surface area contributed by atoms with Gasteiger partial charge in [0.05, 0.1) is 5.56 Å². The molecule has 0 amide bonds. The van der Waals surface area contributed by atoms with E-state index >= 15 is 0 Å². The van der Waals surface area contributed by atoms with E-state index in [9.17, 15) is 9.59 Å². The predicted molar refractivity (Wildman–Crippen MR) is 83.7 cm³/mol. The first-order valence-electron chi connectivity index (χ1n) is 7.25. The molecular formula is C16H17ClN2O2. The summed E-state index contributed by atoms with van der Waals surface area (Å²) in [5.41, 5.74) is 0.352. The SMILES string of the molecule is O=c1[nH]c(Cl)c(-c2ccccc2)c(=O)n1CCC1CCC1. The van der Waals surface area contributed by atoms with E-state index in [1.165, 1.54) is 23.8 Å². The zero-order valence-corrected chi connectivity index (χ0v) is 12.4. The summed E-state index contributed by atoms with van der Waals surface area (Å²) < 4.78 is 1.27. The van der Waals surface area contributed by atoms with Crippen LogP contribution in [0.5, 0.6) is 0 Å². The summed E-state index contributed by atoms with van der Waals surface area (Å²) in [7, 11) is 0. The van der Waals surface area contributed by atoms with Crippen molar-refractivity contribution in [3.63, 3.8) is 0 Å². The summed E-state index contributed by atoms with van der Waals surface area (Å²) in [6, 6.07) is 9.19. The maximum atomic E-state index is 12.6. The lowest BCUT2D eigenvalue weighted by molar-refractivity contribution is 0.279. The highest BCUT2D eigenvalue weighted by molar-refractivity contribution is 6.32. The first kappa shape index (κ1) is 14.1. The largest absolute Gasteiger partial charge is 0.329 e. The molecule has 3 rings (SSSR count). The van der Waals surface area contributed by atoms with Crippen molar-refractivity contribution in [2.24, 2.45) is 5.92 Å². The first-order chi connectivity index (χ1) is 10.2. The molecule has 0 saturated heterocycles. The zero-order valence-electron chi connectivity index (χ0n) is 11.6. The Balaban J connectivity index is 2.00. The van der Waals surface area contributed by atoms with Gasteiger partial charge < -0.3 is 0 Å². The molecule has 1 aromatic carbocycles. The molecule has 1 aliphatic carbocycles. The molecule has 0 aliphatic heterocycles. The van der Waals surface area contributed by atoms with E-state index in [0.717, 1.165) is 12.0 Å². The van der Waals surface area contributed by atoms with Crippen LogP contribution < -0.4 is 11.2 Å². The van der Waals surface area contributed by atoms with Gasteiger partial charge in [0, 0.05) is 6.54 Å². The molecule has 0 bridgehead atoms. The van der Waals surface area contributed by atoms with Crippen molar-refractivity contribution in [3.05, 3.63) is 56.3 Å². The van der Waals surface area contributed by atoms with Crippen LogP contribution in [-0.4, -0.2) is 9.55 Å². The van der Waals surface area contributed by atoms with Crippen LogP contribution in [0.25, 0.3) is 11.1 Å². The zero-order chi connectivity index (χ0) is 14.8. The van der Waals surface area contributed by atoms with E-state index in [4.69, 9.17) is 11.6 Å². The molecular weight excluding hydrogens is 288 g/mol. The standard InChI is InChI=1S/C16H17ClN2O2/c17-14-13(12-7-2-1-3-8-12)15(20)19(16(21)18-14)10-9-11-5-4-6-11/h1-3,7-8,11H,4-6,9-10H2,(H,18,21). The average molecular weight is 305 g/mol. The van der Waals surface area contributed by atoms with E-state index in [1.54, 1.807) is 0 Å². The lowest BCUT2D eigenvalue weighted by atomic mass is 9.83. The second kappa shape index (κ2) is 5.90. The highest BCUT2D eigenvalue weighted by Crippen LogP contribution is 2.29. The van der Waals surface area contributed by atoms with Crippen molar-refractivity contribution in [1.29, 1.82) is 0 Å². The number of nitrogens with zero attached hydrogens (tertiary/aromatic N) is 1. The molecule has 1 aliphatic rings. The molecule has 0 spiro atoms. The highest BCUT2D eigenvalue weighted by Gasteiger charge is 2.19. The van der Waals surface area contributed by atoms with Gasteiger partial charge in [-0.25, -0.2) is 4.79 Å². The fourth-order valence-corrected chi connectivity index (χ4v) is 2.97. The number of rotatable bonds is 4. The monoisotopic (exact) mass is 304 g/mol. The normalized spacial score (nSPS) is 14.9. The third kappa shape index (κ3) is 2.81. The maximum Gasteiger partial charge on any atom is 0.329 e. The van der Waals surface area contributed by atoms with Crippen molar-refractivity contribution in [1.82, 2.24) is 9.55 Å². The van der Waals surface area contributed by atoms with Gasteiger partial charge in [-0.1, -0.05) is 61.2 Å². The Morgan fingerprint density at radius 1 is 1.19 bits per heavy atom. The number of aromatic nitrogens is 2. The Kier molecular flexibility index (Phi) is 3.97. The molecule has 1 saturated carbocycles. The summed E-state index contributed by atoms with van der Waals surface area (Å²) in [4.78, 5) is 27.2. The Hall–Kier alpha value is -1.81. The topological polar surface area (TPSA) is 54.9 Å². The first-order valence-corrected chi connectivity index (χ1v) is 7.62. The summed E-state index contributed by atoms with van der Waals surface area (Å²) in [5, 5.41) is 0.107. The summed E-state index contributed by atoms with van der Waals surface area (Å²) >= 11 is 6.07. The van der Waals surface area contributed by atoms with E-state index < -0.39 is 5.69 Å². The lowest BCUT2D eigenvalue weighted by Gasteiger charge is -2.25. The van der Waals surface area contributed by atoms with Gasteiger partial charge >= 0.3 is 5.69 Å². The third-order valence-electron chi connectivity index (χ3n) is 4.19. The molecule has 1 fully saturated rings. The van der Waals surface area contributed by atoms with Crippen LogP contribution in [0.1, 0.15) is 25.7 Å². The van der Waals surface area contributed by atoms with Crippen LogP contribution in [0.3, 0.4) is 0 Å². The maximum absolute atomic E-state index is 12.6. The van der Waals surface area contributed by atoms with Gasteiger partial charge in [-0.05, 0) is 17.9 Å². The molecule has 4 nitrogen and oxygen atoms in total. The Morgan fingerprint density at radius 3 is 2.52 bits per heavy atom. The quantitative estimate of drug-likeness (QED) is 0.883. The van der Waals surface area contributed by atoms with Crippen molar-refractivity contribution in [3.8, 4) is 11.1 Å². The van der Waals surface area contributed by atoms with Gasteiger partial charge in [-0.3, -0.25) is 14.3 Å². The number of halogens is 1. The Bertz CT molecular complexity index is 745. The van der Waals surface area contributed by atoms with Crippen LogP contribution in [0.2, 0.25) is 5.15 Å². The van der Waals surface area contributed by atoms with Gasteiger partial charge in [0.25, 0.3) is 5.56 Å². The molecule has 0 radical (unpaired) electrons. The second-order valence-corrected chi connectivity index (χ2v) is 5.91. The van der Waals surface area contributed by atoms with E-state index in [0.29, 0.717) is 18.0 Å². The van der Waals surface area contributed by atoms with E-state index in [-0.39, 0.29) is 10.7 Å². The molecule has 5 heteroatoms. The Morgan fingerprint density at radius 2 is 1.90 bits per heavy atom. The molecule has 110 valence electrons. The molecule has 1 heterocycles. The van der Waals surface area contributed by atoms with Gasteiger partial charge in [0.2, 0.25) is 0 Å². The number of benzene rings is 1. The summed E-state index contributed by atoms with van der Waals surface area (Å²) in [6.45, 7) is 0.454. The van der Waals surface area contributed by atoms with E-state index in [1.807, 2.05) is 30.3 Å². The number of H-pyrrole nitrogens is 1. The number of aromatic amines is 1. The minimum Gasteiger partial charge on any atom is -0.297 e. The van der Waals surface area contributed by atoms with Crippen molar-refractivity contribution in [2.45, 2.75) is 32.2 Å². The van der Waals surface area contributed by atoms with Gasteiger partial charge in [0.1, 0.15) is 5.15 Å². The van der Waals surface area contributed by atoms with Crippen LogP contribution in [0.4, 0.5) is 0 Å². The highest BCUT2D eigenvalue weighted by atomic mass is 35.5. The minimum atomic E-state index is -0.427. The minimum absolute atomic E-state index is 0.107. The van der Waals surface area contributed by atoms with Crippen molar-refractivity contribution >= 4 is 11.6 Å². The molecule has 0 unspecified atom stereocenters. The van der Waals surface area contributed by atoms with Crippen molar-refractivity contribution in [2.75, 3.05) is 0 Å². The smallest absolute Gasteiger partial charge is 0.297 e. The second-order valence-electron chi connectivity index (χ2n) is 5.53. The summed E-state index contributed by atoms with van der Waals surface area (Å²) in [5.74, 6) is 0.646. The number of hydrogen-bond acceptors (Lipinski definition) is 2. The summed E-state index contributed by atoms with van der Waals surface area (Å²) in [6.07, 6.45) is 4.53. The number of nitrogens with one attached hydrogen (secondary N) is 1. The van der Waals surface area contributed by atoms with Crippen LogP contribution >= 0.6 is 11.6 Å².